The van der Waals surface area contributed by atoms with Crippen molar-refractivity contribution in [3.8, 4) is 5.75 Å². The molecule has 0 bridgehead atoms. The van der Waals surface area contributed by atoms with Gasteiger partial charge < -0.3 is 14.7 Å². The Kier molecular flexibility index (Phi) is 6.21. The van der Waals surface area contributed by atoms with E-state index >= 15 is 0 Å². The van der Waals surface area contributed by atoms with Crippen LogP contribution in [-0.4, -0.2) is 35.8 Å². The highest BCUT2D eigenvalue weighted by atomic mass is 35.5. The molecule has 0 spiro atoms. The number of rotatable bonds is 7. The van der Waals surface area contributed by atoms with Crippen LogP contribution in [0.4, 0.5) is 5.13 Å². The van der Waals surface area contributed by atoms with E-state index in [2.05, 4.69) is 4.90 Å². The maximum atomic E-state index is 10.8. The van der Waals surface area contributed by atoms with Crippen molar-refractivity contribution in [3.63, 3.8) is 0 Å². The zero-order valence-electron chi connectivity index (χ0n) is 16.0. The maximum Gasteiger partial charge on any atom is 0.307 e. The van der Waals surface area contributed by atoms with Gasteiger partial charge in [-0.1, -0.05) is 41.1 Å². The average molecular weight is 431 g/mol. The number of thiazole rings is 1. The second-order valence-corrected chi connectivity index (χ2v) is 8.75. The molecule has 152 valence electrons. The molecule has 2 heterocycles. The third kappa shape index (κ3) is 5.00. The lowest BCUT2D eigenvalue weighted by molar-refractivity contribution is -0.136. The largest absolute Gasteiger partial charge is 0.494 e. The van der Waals surface area contributed by atoms with Gasteiger partial charge in [-0.15, -0.1) is 0 Å². The molecule has 3 aromatic rings. The first kappa shape index (κ1) is 20.0. The van der Waals surface area contributed by atoms with Gasteiger partial charge in [0.1, 0.15) is 5.75 Å². The first-order valence-electron chi connectivity index (χ1n) is 9.82. The number of piperidine rings is 1. The third-order valence-corrected chi connectivity index (χ3v) is 6.88. The molecule has 0 unspecified atom stereocenters. The zero-order chi connectivity index (χ0) is 20.2. The quantitative estimate of drug-likeness (QED) is 0.553. The van der Waals surface area contributed by atoms with Crippen molar-refractivity contribution in [1.29, 1.82) is 0 Å². The van der Waals surface area contributed by atoms with E-state index in [1.54, 1.807) is 11.3 Å². The Balaban J connectivity index is 1.26. The summed E-state index contributed by atoms with van der Waals surface area (Å²) in [6, 6.07) is 13.2. The molecule has 1 aromatic heterocycles. The van der Waals surface area contributed by atoms with E-state index in [4.69, 9.17) is 26.4 Å². The first-order chi connectivity index (χ1) is 14.1. The molecular weight excluding hydrogens is 408 g/mol. The average Bonchev–Trinajstić information content (AvgIpc) is 3.14. The number of aromatic nitrogens is 1. The van der Waals surface area contributed by atoms with Crippen LogP contribution in [0.1, 0.15) is 24.8 Å². The number of hydrogen-bond donors (Lipinski definition) is 1. The van der Waals surface area contributed by atoms with E-state index in [-0.39, 0.29) is 6.42 Å². The standard InChI is InChI=1S/C22H23ClN2O3S/c23-18-5-2-6-19-21(18)29-22(24-19)25-10-7-15(8-11-25)9-12-28-17-4-1-3-16(13-17)14-20(26)27/h1-6,13,15H,7-12,14H2,(H,26,27). The summed E-state index contributed by atoms with van der Waals surface area (Å²) in [6.07, 6.45) is 3.26. The third-order valence-electron chi connectivity index (χ3n) is 5.29. The van der Waals surface area contributed by atoms with Gasteiger partial charge in [-0.25, -0.2) is 4.98 Å². The minimum atomic E-state index is -0.829. The summed E-state index contributed by atoms with van der Waals surface area (Å²) in [4.78, 5) is 17.9. The summed E-state index contributed by atoms with van der Waals surface area (Å²) >= 11 is 7.95. The number of carboxylic acid groups (broad SMARTS) is 1. The highest BCUT2D eigenvalue weighted by molar-refractivity contribution is 7.22. The normalized spacial score (nSPS) is 15.0. The van der Waals surface area contributed by atoms with E-state index in [0.29, 0.717) is 12.5 Å². The van der Waals surface area contributed by atoms with Gasteiger partial charge in [0.15, 0.2) is 5.13 Å². The summed E-state index contributed by atoms with van der Waals surface area (Å²) in [7, 11) is 0. The lowest BCUT2D eigenvalue weighted by Gasteiger charge is -2.31. The molecule has 0 saturated carbocycles. The summed E-state index contributed by atoms with van der Waals surface area (Å²) in [5, 5.41) is 10.7. The molecule has 1 fully saturated rings. The molecule has 0 atom stereocenters. The second kappa shape index (κ2) is 9.01. The topological polar surface area (TPSA) is 62.7 Å². The highest BCUT2D eigenvalue weighted by Crippen LogP contribution is 2.35. The minimum absolute atomic E-state index is 0.0205. The number of benzene rings is 2. The highest BCUT2D eigenvalue weighted by Gasteiger charge is 2.22. The van der Waals surface area contributed by atoms with Crippen LogP contribution in [-0.2, 0) is 11.2 Å². The number of ether oxygens (including phenoxy) is 1. The van der Waals surface area contributed by atoms with Crippen LogP contribution in [0.5, 0.6) is 5.75 Å². The van der Waals surface area contributed by atoms with Crippen LogP contribution >= 0.6 is 22.9 Å². The van der Waals surface area contributed by atoms with Crippen molar-refractivity contribution in [2.75, 3.05) is 24.6 Å². The molecule has 2 aromatic carbocycles. The Labute approximate surface area is 178 Å². The van der Waals surface area contributed by atoms with Gasteiger partial charge in [0, 0.05) is 13.1 Å². The lowest BCUT2D eigenvalue weighted by atomic mass is 9.94. The molecule has 0 aliphatic carbocycles. The zero-order valence-corrected chi connectivity index (χ0v) is 17.6. The molecule has 29 heavy (non-hydrogen) atoms. The van der Waals surface area contributed by atoms with Crippen LogP contribution in [0.2, 0.25) is 5.02 Å². The van der Waals surface area contributed by atoms with Gasteiger partial charge in [-0.2, -0.15) is 0 Å². The van der Waals surface area contributed by atoms with E-state index < -0.39 is 5.97 Å². The van der Waals surface area contributed by atoms with Gasteiger partial charge in [0.05, 0.1) is 28.3 Å². The summed E-state index contributed by atoms with van der Waals surface area (Å²) in [6.45, 7) is 2.64. The van der Waals surface area contributed by atoms with E-state index in [1.807, 2.05) is 42.5 Å². The minimum Gasteiger partial charge on any atom is -0.494 e. The van der Waals surface area contributed by atoms with Gasteiger partial charge in [-0.3, -0.25) is 4.79 Å². The smallest absolute Gasteiger partial charge is 0.307 e. The van der Waals surface area contributed by atoms with E-state index in [9.17, 15) is 4.79 Å². The van der Waals surface area contributed by atoms with Gasteiger partial charge in [0.2, 0.25) is 0 Å². The number of anilines is 1. The predicted octanol–water partition coefficient (Wildman–Crippen LogP) is 5.26. The van der Waals surface area contributed by atoms with Crippen molar-refractivity contribution >= 4 is 44.3 Å². The first-order valence-corrected chi connectivity index (χ1v) is 11.0. The Morgan fingerprint density at radius 1 is 1.24 bits per heavy atom. The van der Waals surface area contributed by atoms with Crippen LogP contribution in [0.25, 0.3) is 10.2 Å². The van der Waals surface area contributed by atoms with Gasteiger partial charge in [-0.05, 0) is 55.0 Å². The fourth-order valence-electron chi connectivity index (χ4n) is 3.72. The van der Waals surface area contributed by atoms with Crippen molar-refractivity contribution < 1.29 is 14.6 Å². The number of carbonyl (C=O) groups is 1. The Morgan fingerprint density at radius 2 is 2.03 bits per heavy atom. The van der Waals surface area contributed by atoms with Crippen molar-refractivity contribution in [1.82, 2.24) is 4.98 Å². The van der Waals surface area contributed by atoms with Gasteiger partial charge >= 0.3 is 5.97 Å². The fourth-order valence-corrected chi connectivity index (χ4v) is 5.02. The van der Waals surface area contributed by atoms with Crippen LogP contribution in [0.3, 0.4) is 0 Å². The summed E-state index contributed by atoms with van der Waals surface area (Å²) in [5.41, 5.74) is 1.73. The maximum absolute atomic E-state index is 10.8. The number of carboxylic acids is 1. The predicted molar refractivity (Wildman–Crippen MR) is 117 cm³/mol. The molecule has 1 aliphatic rings. The SMILES string of the molecule is O=C(O)Cc1cccc(OCCC2CCN(c3nc4cccc(Cl)c4s3)CC2)c1. The van der Waals surface area contributed by atoms with Crippen LogP contribution < -0.4 is 9.64 Å². The van der Waals surface area contributed by atoms with Crippen LogP contribution in [0, 0.1) is 5.92 Å². The molecule has 1 aliphatic heterocycles. The van der Waals surface area contributed by atoms with E-state index in [1.165, 1.54) is 0 Å². The number of aliphatic carboxylic acids is 1. The monoisotopic (exact) mass is 430 g/mol. The molecule has 0 amide bonds. The number of halogens is 1. The lowest BCUT2D eigenvalue weighted by Crippen LogP contribution is -2.34. The molecular formula is C22H23ClN2O3S. The summed E-state index contributed by atoms with van der Waals surface area (Å²) < 4.78 is 6.92. The van der Waals surface area contributed by atoms with E-state index in [0.717, 1.165) is 64.0 Å². The Morgan fingerprint density at radius 3 is 2.79 bits per heavy atom. The second-order valence-electron chi connectivity index (χ2n) is 7.37. The fraction of sp³-hybridized carbons (Fsp3) is 0.364. The molecule has 5 nitrogen and oxygen atoms in total. The number of hydrogen-bond acceptors (Lipinski definition) is 5. The molecule has 0 radical (unpaired) electrons. The Bertz CT molecular complexity index is 999. The molecule has 4 rings (SSSR count). The Hall–Kier alpha value is -2.31. The molecule has 7 heteroatoms. The van der Waals surface area contributed by atoms with Crippen molar-refractivity contribution in [2.45, 2.75) is 25.7 Å². The van der Waals surface area contributed by atoms with Crippen molar-refractivity contribution in [3.05, 3.63) is 53.1 Å². The number of fused-ring (bicyclic) bond motifs is 1. The van der Waals surface area contributed by atoms with Gasteiger partial charge in [0.25, 0.3) is 0 Å². The molecule has 1 N–H and O–H groups in total. The molecule has 1 saturated heterocycles. The van der Waals surface area contributed by atoms with Crippen molar-refractivity contribution in [2.24, 2.45) is 5.92 Å². The number of nitrogens with zero attached hydrogens (tertiary/aromatic N) is 2. The summed E-state index contributed by atoms with van der Waals surface area (Å²) in [5.74, 6) is 0.545. The van der Waals surface area contributed by atoms with Crippen LogP contribution in [0.15, 0.2) is 42.5 Å².